The number of ether oxygens (including phenoxy) is 4. The number of hydrogen-bond donors (Lipinski definition) is 0. The van der Waals surface area contributed by atoms with Crippen LogP contribution in [0.1, 0.15) is 72.8 Å². The van der Waals surface area contributed by atoms with Gasteiger partial charge in [0.15, 0.2) is 0 Å². The van der Waals surface area contributed by atoms with Crippen LogP contribution in [0.4, 0.5) is 9.59 Å². The Labute approximate surface area is 296 Å². The highest BCUT2D eigenvalue weighted by molar-refractivity contribution is 9.10. The normalized spacial score (nSPS) is 15.7. The summed E-state index contributed by atoms with van der Waals surface area (Å²) in [5, 5.41) is 8.87. The summed E-state index contributed by atoms with van der Waals surface area (Å²) in [4.78, 5) is 44.2. The van der Waals surface area contributed by atoms with Crippen LogP contribution < -0.4 is 9.47 Å². The van der Waals surface area contributed by atoms with Gasteiger partial charge in [0.25, 0.3) is 0 Å². The van der Waals surface area contributed by atoms with E-state index < -0.39 is 11.2 Å². The first-order valence-electron chi connectivity index (χ1n) is 16.3. The topological polar surface area (TPSA) is 153 Å². The van der Waals surface area contributed by atoms with Gasteiger partial charge in [-0.1, -0.05) is 12.1 Å². The number of amides is 2. The van der Waals surface area contributed by atoms with Crippen molar-refractivity contribution in [3.05, 3.63) is 59.1 Å². The quantitative estimate of drug-likeness (QED) is 0.271. The van der Waals surface area contributed by atoms with E-state index in [9.17, 15) is 9.59 Å². The summed E-state index contributed by atoms with van der Waals surface area (Å²) in [6.45, 7) is 13.6. The SMILES string of the molecule is CC(C)(C)OC(=O)N1CCC(Oc2ncc(-c3ccc(C#N)cc3)cn2)CC1.CC(C)(C)OC(=O)N1CCC(Oc2ncc(Br)cn2)CC1. The molecule has 262 valence electrons. The molecule has 0 unspecified atom stereocenters. The smallest absolute Gasteiger partial charge is 0.410 e. The molecule has 2 aromatic heterocycles. The second-order valence-corrected chi connectivity index (χ2v) is 14.6. The molecule has 2 aliphatic heterocycles. The average molecular weight is 739 g/mol. The molecule has 5 rings (SSSR count). The third-order valence-corrected chi connectivity index (χ3v) is 7.71. The highest BCUT2D eigenvalue weighted by Gasteiger charge is 2.29. The van der Waals surface area contributed by atoms with Gasteiger partial charge >= 0.3 is 24.2 Å². The molecule has 14 heteroatoms. The number of aromatic nitrogens is 4. The third kappa shape index (κ3) is 12.5. The molecule has 0 radical (unpaired) electrons. The lowest BCUT2D eigenvalue weighted by molar-refractivity contribution is 0.0107. The van der Waals surface area contributed by atoms with Crippen LogP contribution in [0.15, 0.2) is 53.5 Å². The van der Waals surface area contributed by atoms with E-state index in [0.29, 0.717) is 56.6 Å². The number of halogens is 1. The Balaban J connectivity index is 0.000000230. The van der Waals surface area contributed by atoms with Gasteiger partial charge < -0.3 is 28.7 Å². The molecule has 0 atom stereocenters. The summed E-state index contributed by atoms with van der Waals surface area (Å²) in [6, 6.07) is 10.0. The molecule has 3 aromatic rings. The standard InChI is InChI=1S/C21H24N4O3.C14H20BrN3O3/c1-21(2,3)28-20(26)25-10-8-18(9-11-25)27-19-23-13-17(14-24-19)16-6-4-15(12-22)5-7-16;1-14(2,3)21-13(19)18-6-4-11(5-7-18)20-12-16-8-10(15)9-17-12/h4-7,13-14,18H,8-11H2,1-3H3;8-9,11H,4-7H2,1-3H3. The van der Waals surface area contributed by atoms with Gasteiger partial charge in [-0.15, -0.1) is 0 Å². The number of nitrogens with zero attached hydrogens (tertiary/aromatic N) is 7. The Bertz CT molecular complexity index is 1550. The van der Waals surface area contributed by atoms with E-state index in [0.717, 1.165) is 28.4 Å². The number of hydrogen-bond acceptors (Lipinski definition) is 11. The van der Waals surface area contributed by atoms with Gasteiger partial charge in [0, 0.05) is 82.2 Å². The molecule has 13 nitrogen and oxygen atoms in total. The van der Waals surface area contributed by atoms with Crippen LogP contribution in [-0.4, -0.2) is 91.5 Å². The Hall–Kier alpha value is -4.51. The molecular formula is C35H44BrN7O6. The molecule has 4 heterocycles. The van der Waals surface area contributed by atoms with Crippen molar-refractivity contribution in [3.8, 4) is 29.2 Å². The van der Waals surface area contributed by atoms with E-state index in [4.69, 9.17) is 24.2 Å². The number of carbonyl (C=O) groups is 2. The summed E-state index contributed by atoms with van der Waals surface area (Å²) in [5.41, 5.74) is 1.46. The zero-order chi connectivity index (χ0) is 35.6. The maximum atomic E-state index is 12.1. The van der Waals surface area contributed by atoms with Gasteiger partial charge in [-0.25, -0.2) is 29.5 Å². The minimum atomic E-state index is -0.491. The number of carbonyl (C=O) groups excluding carboxylic acids is 2. The maximum Gasteiger partial charge on any atom is 0.410 e. The van der Waals surface area contributed by atoms with E-state index in [2.05, 4.69) is 41.9 Å². The lowest BCUT2D eigenvalue weighted by atomic mass is 10.1. The zero-order valence-electron chi connectivity index (χ0n) is 28.9. The second kappa shape index (κ2) is 16.7. The molecule has 0 spiro atoms. The molecule has 49 heavy (non-hydrogen) atoms. The van der Waals surface area contributed by atoms with E-state index in [-0.39, 0.29) is 24.4 Å². The molecular weight excluding hydrogens is 694 g/mol. The van der Waals surface area contributed by atoms with Crippen LogP contribution in [-0.2, 0) is 9.47 Å². The fourth-order valence-electron chi connectivity index (χ4n) is 4.89. The van der Waals surface area contributed by atoms with Crippen LogP contribution in [0, 0.1) is 11.3 Å². The molecule has 0 bridgehead atoms. The third-order valence-electron chi connectivity index (χ3n) is 7.30. The number of benzene rings is 1. The zero-order valence-corrected chi connectivity index (χ0v) is 30.5. The van der Waals surface area contributed by atoms with Crippen molar-refractivity contribution in [2.24, 2.45) is 0 Å². The average Bonchev–Trinajstić information content (AvgIpc) is 3.06. The van der Waals surface area contributed by atoms with Gasteiger partial charge in [-0.2, -0.15) is 5.26 Å². The van der Waals surface area contributed by atoms with Crippen molar-refractivity contribution in [2.45, 2.75) is 90.6 Å². The molecule has 2 amide bonds. The first-order chi connectivity index (χ1) is 23.2. The summed E-state index contributed by atoms with van der Waals surface area (Å²) < 4.78 is 23.2. The molecule has 0 saturated carbocycles. The molecule has 2 fully saturated rings. The summed E-state index contributed by atoms with van der Waals surface area (Å²) in [7, 11) is 0. The van der Waals surface area contributed by atoms with Crippen molar-refractivity contribution >= 4 is 28.1 Å². The summed E-state index contributed by atoms with van der Waals surface area (Å²) >= 11 is 3.28. The Morgan fingerprint density at radius 2 is 1.08 bits per heavy atom. The monoisotopic (exact) mass is 737 g/mol. The molecule has 0 N–H and O–H groups in total. The minimum Gasteiger partial charge on any atom is -0.460 e. The lowest BCUT2D eigenvalue weighted by Gasteiger charge is -2.33. The van der Waals surface area contributed by atoms with Crippen molar-refractivity contribution in [3.63, 3.8) is 0 Å². The first-order valence-corrected chi connectivity index (χ1v) is 17.1. The number of rotatable bonds is 5. The number of nitriles is 1. The van der Waals surface area contributed by atoms with Crippen LogP contribution in [0.5, 0.6) is 12.0 Å². The van der Waals surface area contributed by atoms with Crippen LogP contribution in [0.2, 0.25) is 0 Å². The van der Waals surface area contributed by atoms with Gasteiger partial charge in [0.05, 0.1) is 16.1 Å². The second-order valence-electron chi connectivity index (χ2n) is 13.7. The van der Waals surface area contributed by atoms with Crippen molar-refractivity contribution in [1.29, 1.82) is 5.26 Å². The van der Waals surface area contributed by atoms with E-state index in [1.165, 1.54) is 0 Å². The highest BCUT2D eigenvalue weighted by Crippen LogP contribution is 2.22. The molecule has 1 aromatic carbocycles. The van der Waals surface area contributed by atoms with Crippen molar-refractivity contribution < 1.29 is 28.5 Å². The van der Waals surface area contributed by atoms with Gasteiger partial charge in [0.1, 0.15) is 23.4 Å². The van der Waals surface area contributed by atoms with Crippen molar-refractivity contribution in [1.82, 2.24) is 29.7 Å². The number of piperidine rings is 2. The maximum absolute atomic E-state index is 12.1. The largest absolute Gasteiger partial charge is 0.460 e. The Kier molecular flexibility index (Phi) is 12.7. The van der Waals surface area contributed by atoms with Crippen LogP contribution >= 0.6 is 15.9 Å². The molecule has 0 aliphatic carbocycles. The predicted molar refractivity (Wildman–Crippen MR) is 185 cm³/mol. The fourth-order valence-corrected chi connectivity index (χ4v) is 5.09. The van der Waals surface area contributed by atoms with Crippen LogP contribution in [0.25, 0.3) is 11.1 Å². The molecule has 2 saturated heterocycles. The lowest BCUT2D eigenvalue weighted by Crippen LogP contribution is -2.44. The fraction of sp³-hybridized carbons (Fsp3) is 0.514. The van der Waals surface area contributed by atoms with Crippen LogP contribution in [0.3, 0.4) is 0 Å². The van der Waals surface area contributed by atoms with E-state index in [1.807, 2.05) is 53.7 Å². The van der Waals surface area contributed by atoms with E-state index in [1.54, 1.807) is 46.7 Å². The summed E-state index contributed by atoms with van der Waals surface area (Å²) in [6.07, 6.45) is 9.09. The predicted octanol–water partition coefficient (Wildman–Crippen LogP) is 6.81. The molecule has 2 aliphatic rings. The van der Waals surface area contributed by atoms with Crippen molar-refractivity contribution in [2.75, 3.05) is 26.2 Å². The first kappa shape index (κ1) is 37.3. The Morgan fingerprint density at radius 3 is 1.45 bits per heavy atom. The van der Waals surface area contributed by atoms with E-state index >= 15 is 0 Å². The number of likely N-dealkylation sites (tertiary alicyclic amines) is 2. The highest BCUT2D eigenvalue weighted by atomic mass is 79.9. The minimum absolute atomic E-state index is 0.0283. The van der Waals surface area contributed by atoms with Gasteiger partial charge in [0.2, 0.25) is 0 Å². The van der Waals surface area contributed by atoms with Gasteiger partial charge in [-0.3, -0.25) is 0 Å². The summed E-state index contributed by atoms with van der Waals surface area (Å²) in [5.74, 6) is 0. The Morgan fingerprint density at radius 1 is 0.694 bits per heavy atom. The van der Waals surface area contributed by atoms with Gasteiger partial charge in [-0.05, 0) is 75.2 Å².